The van der Waals surface area contributed by atoms with E-state index in [1.54, 1.807) is 0 Å². The summed E-state index contributed by atoms with van der Waals surface area (Å²) in [6, 6.07) is 0. The smallest absolute Gasteiger partial charge is 0.348 e. The summed E-state index contributed by atoms with van der Waals surface area (Å²) < 4.78 is 4.32. The zero-order chi connectivity index (χ0) is 11.4. The Hall–Kier alpha value is -1.96. The van der Waals surface area contributed by atoms with Crippen molar-refractivity contribution in [1.82, 2.24) is 10.2 Å². The summed E-state index contributed by atoms with van der Waals surface area (Å²) in [5.74, 6) is -1.08. The third-order valence-corrected chi connectivity index (χ3v) is 1.78. The Morgan fingerprint density at radius 1 is 1.87 bits per heavy atom. The third kappa shape index (κ3) is 2.50. The summed E-state index contributed by atoms with van der Waals surface area (Å²) in [6.45, 7) is 0. The molecule has 1 aromatic heterocycles. The molecule has 1 rings (SSSR count). The number of esters is 1. The highest BCUT2D eigenvalue weighted by atomic mass is 16.6. The molecular formula is C7H9N3O5. The fraction of sp³-hybridized carbons (Fsp3) is 0.429. The van der Waals surface area contributed by atoms with Crippen LogP contribution in [-0.2, 0) is 9.53 Å². The molecule has 0 aromatic carbocycles. The number of aromatic amines is 1. The predicted molar refractivity (Wildman–Crippen MR) is 46.8 cm³/mol. The van der Waals surface area contributed by atoms with Crippen LogP contribution < -0.4 is 0 Å². The minimum Gasteiger partial charge on any atom is -0.469 e. The van der Waals surface area contributed by atoms with Gasteiger partial charge in [0.05, 0.1) is 31.4 Å². The summed E-state index contributed by atoms with van der Waals surface area (Å²) in [5.41, 5.74) is -0.0367. The van der Waals surface area contributed by atoms with Crippen molar-refractivity contribution in [3.05, 3.63) is 21.9 Å². The van der Waals surface area contributed by atoms with E-state index in [1.165, 1.54) is 7.11 Å². The maximum Gasteiger partial charge on any atom is 0.348 e. The molecule has 0 spiro atoms. The van der Waals surface area contributed by atoms with Gasteiger partial charge in [-0.2, -0.15) is 0 Å². The molecule has 0 saturated carbocycles. The summed E-state index contributed by atoms with van der Waals surface area (Å²) in [6.07, 6.45) is -0.542. The molecule has 0 aliphatic heterocycles. The predicted octanol–water partition coefficient (Wildman–Crippen LogP) is -0.0856. The molecule has 0 aliphatic rings. The van der Waals surface area contributed by atoms with E-state index in [0.717, 1.165) is 6.20 Å². The minimum absolute atomic E-state index is 0.0367. The maximum atomic E-state index is 10.8. The molecule has 2 N–H and O–H groups in total. The highest BCUT2D eigenvalue weighted by Crippen LogP contribution is 2.24. The van der Waals surface area contributed by atoms with Gasteiger partial charge in [0, 0.05) is 0 Å². The number of methoxy groups -OCH3 is 1. The lowest BCUT2D eigenvalue weighted by Crippen LogP contribution is -2.08. The van der Waals surface area contributed by atoms with Crippen LogP contribution in [0.25, 0.3) is 0 Å². The first-order valence-electron chi connectivity index (χ1n) is 3.98. The number of hydrogen-bond donors (Lipinski definition) is 2. The molecule has 1 atom stereocenters. The van der Waals surface area contributed by atoms with Crippen LogP contribution in [0.1, 0.15) is 18.1 Å². The van der Waals surface area contributed by atoms with E-state index in [-0.39, 0.29) is 12.0 Å². The largest absolute Gasteiger partial charge is 0.469 e. The van der Waals surface area contributed by atoms with Gasteiger partial charge in [0.25, 0.3) is 0 Å². The molecule has 0 saturated heterocycles. The van der Waals surface area contributed by atoms with E-state index in [9.17, 15) is 20.0 Å². The van der Waals surface area contributed by atoms with E-state index < -0.39 is 22.8 Å². The van der Waals surface area contributed by atoms with E-state index in [4.69, 9.17) is 0 Å². The molecule has 0 aliphatic carbocycles. The number of nitrogens with one attached hydrogen (secondary N) is 1. The second-order valence-corrected chi connectivity index (χ2v) is 2.73. The van der Waals surface area contributed by atoms with Crippen LogP contribution >= 0.6 is 0 Å². The van der Waals surface area contributed by atoms with Crippen molar-refractivity contribution in [3.8, 4) is 0 Å². The van der Waals surface area contributed by atoms with Crippen molar-refractivity contribution in [2.45, 2.75) is 12.5 Å². The van der Waals surface area contributed by atoms with Gasteiger partial charge >= 0.3 is 11.8 Å². The Bertz CT molecular complexity index is 374. The van der Waals surface area contributed by atoms with Gasteiger partial charge in [0.2, 0.25) is 0 Å². The molecule has 0 radical (unpaired) electrons. The number of carbonyl (C=O) groups excluding carboxylic acids is 1. The number of carbonyl (C=O) groups is 1. The SMILES string of the molecule is COC(=O)CC(O)c1cn[nH]c1[N+](=O)[O-]. The number of rotatable bonds is 4. The Morgan fingerprint density at radius 3 is 3.07 bits per heavy atom. The molecular weight excluding hydrogens is 206 g/mol. The molecule has 15 heavy (non-hydrogen) atoms. The second kappa shape index (κ2) is 4.51. The minimum atomic E-state index is -1.29. The fourth-order valence-corrected chi connectivity index (χ4v) is 1.03. The Kier molecular flexibility index (Phi) is 3.34. The van der Waals surface area contributed by atoms with Gasteiger partial charge in [-0.3, -0.25) is 4.79 Å². The van der Waals surface area contributed by atoms with Gasteiger partial charge < -0.3 is 20.0 Å². The lowest BCUT2D eigenvalue weighted by Gasteiger charge is -2.05. The Labute approximate surface area is 84.0 Å². The van der Waals surface area contributed by atoms with Crippen molar-refractivity contribution >= 4 is 11.8 Å². The first-order valence-corrected chi connectivity index (χ1v) is 3.98. The van der Waals surface area contributed by atoms with Crippen molar-refractivity contribution in [3.63, 3.8) is 0 Å². The highest BCUT2D eigenvalue weighted by molar-refractivity contribution is 5.70. The van der Waals surface area contributed by atoms with Crippen LogP contribution in [0.2, 0.25) is 0 Å². The number of H-pyrrole nitrogens is 1. The lowest BCUT2D eigenvalue weighted by atomic mass is 10.1. The maximum absolute atomic E-state index is 10.8. The first kappa shape index (κ1) is 11.1. The van der Waals surface area contributed by atoms with Crippen LogP contribution in [0, 0.1) is 10.1 Å². The van der Waals surface area contributed by atoms with Crippen LogP contribution in [0.15, 0.2) is 6.20 Å². The van der Waals surface area contributed by atoms with Gasteiger partial charge in [-0.25, -0.2) is 0 Å². The van der Waals surface area contributed by atoms with Gasteiger partial charge in [0.1, 0.15) is 0 Å². The van der Waals surface area contributed by atoms with Crippen LogP contribution in [0.4, 0.5) is 5.82 Å². The molecule has 1 unspecified atom stereocenters. The monoisotopic (exact) mass is 215 g/mol. The molecule has 0 fully saturated rings. The summed E-state index contributed by atoms with van der Waals surface area (Å²) >= 11 is 0. The number of aliphatic hydroxyl groups excluding tert-OH is 1. The summed E-state index contributed by atoms with van der Waals surface area (Å²) in [7, 11) is 1.17. The van der Waals surface area contributed by atoms with Crippen LogP contribution in [0.3, 0.4) is 0 Å². The van der Waals surface area contributed by atoms with Gasteiger partial charge in [-0.05, 0) is 4.92 Å². The average molecular weight is 215 g/mol. The number of aromatic nitrogens is 2. The zero-order valence-electron chi connectivity index (χ0n) is 7.84. The Balaban J connectivity index is 2.81. The average Bonchev–Trinajstić information content (AvgIpc) is 2.65. The molecule has 8 heteroatoms. The van der Waals surface area contributed by atoms with Crippen molar-refractivity contribution in [1.29, 1.82) is 0 Å². The summed E-state index contributed by atoms with van der Waals surface area (Å²) in [5, 5.41) is 25.5. The molecule has 0 amide bonds. The first-order chi connectivity index (χ1) is 7.06. The standard InChI is InChI=1S/C7H9N3O5/c1-15-6(12)2-5(11)4-3-8-9-7(4)10(13)14/h3,5,11H,2H2,1H3,(H,8,9). The number of aliphatic hydroxyl groups is 1. The quantitative estimate of drug-likeness (QED) is 0.411. The highest BCUT2D eigenvalue weighted by Gasteiger charge is 2.24. The van der Waals surface area contributed by atoms with Crippen LogP contribution in [0.5, 0.6) is 0 Å². The second-order valence-electron chi connectivity index (χ2n) is 2.73. The topological polar surface area (TPSA) is 118 Å². The van der Waals surface area contributed by atoms with E-state index >= 15 is 0 Å². The van der Waals surface area contributed by atoms with Gasteiger partial charge in [-0.15, -0.1) is 5.10 Å². The van der Waals surface area contributed by atoms with Crippen molar-refractivity contribution in [2.24, 2.45) is 0 Å². The Morgan fingerprint density at radius 2 is 2.53 bits per heavy atom. The van der Waals surface area contributed by atoms with E-state index in [2.05, 4.69) is 14.9 Å². The number of nitrogens with zero attached hydrogens (tertiary/aromatic N) is 2. The molecule has 1 aromatic rings. The van der Waals surface area contributed by atoms with Gasteiger partial charge in [-0.1, -0.05) is 5.10 Å². The number of nitro groups is 1. The third-order valence-electron chi connectivity index (χ3n) is 1.78. The van der Waals surface area contributed by atoms with Crippen molar-refractivity contribution in [2.75, 3.05) is 7.11 Å². The van der Waals surface area contributed by atoms with Crippen molar-refractivity contribution < 1.29 is 19.6 Å². The number of ether oxygens (including phenoxy) is 1. The normalized spacial score (nSPS) is 12.1. The summed E-state index contributed by atoms with van der Waals surface area (Å²) in [4.78, 5) is 20.5. The molecule has 1 heterocycles. The van der Waals surface area contributed by atoms with Gasteiger partial charge in [0.15, 0.2) is 0 Å². The number of hydrogen-bond acceptors (Lipinski definition) is 6. The fourth-order valence-electron chi connectivity index (χ4n) is 1.03. The molecule has 0 bridgehead atoms. The molecule has 82 valence electrons. The van der Waals surface area contributed by atoms with Crippen LogP contribution in [-0.4, -0.2) is 33.3 Å². The van der Waals surface area contributed by atoms with E-state index in [1.807, 2.05) is 0 Å². The lowest BCUT2D eigenvalue weighted by molar-refractivity contribution is -0.390. The van der Waals surface area contributed by atoms with E-state index in [0.29, 0.717) is 0 Å². The molecule has 8 nitrogen and oxygen atoms in total. The zero-order valence-corrected chi connectivity index (χ0v) is 7.84.